The molecule has 0 radical (unpaired) electrons. The fourth-order valence-electron chi connectivity index (χ4n) is 0.677. The molecule has 0 aliphatic heterocycles. The van der Waals surface area contributed by atoms with Gasteiger partial charge in [0.05, 0.1) is 6.54 Å². The highest BCUT2D eigenvalue weighted by atomic mass is 19.4. The lowest BCUT2D eigenvalue weighted by Crippen LogP contribution is -2.40. The zero-order valence-corrected chi connectivity index (χ0v) is 7.47. The van der Waals surface area contributed by atoms with E-state index in [1.165, 1.54) is 0 Å². The van der Waals surface area contributed by atoms with Crippen molar-refractivity contribution in [2.24, 2.45) is 5.73 Å². The Labute approximate surface area is 79.3 Å². The van der Waals surface area contributed by atoms with Gasteiger partial charge in [0.25, 0.3) is 0 Å². The zero-order chi connectivity index (χ0) is 11.2. The highest BCUT2D eigenvalue weighted by molar-refractivity contribution is 5.75. The molecule has 14 heavy (non-hydrogen) atoms. The van der Waals surface area contributed by atoms with Gasteiger partial charge in [0, 0.05) is 6.42 Å². The summed E-state index contributed by atoms with van der Waals surface area (Å²) < 4.78 is 35.2. The van der Waals surface area contributed by atoms with E-state index < -0.39 is 24.7 Å². The third kappa shape index (κ3) is 5.76. The Balaban J connectivity index is 3.67. The molecule has 1 atom stereocenters. The molecular formula is C7H13F3N2O2. The number of halogens is 3. The molecule has 0 aromatic carbocycles. The Bertz CT molecular complexity index is 184. The van der Waals surface area contributed by atoms with Gasteiger partial charge in [-0.1, -0.05) is 0 Å². The summed E-state index contributed by atoms with van der Waals surface area (Å²) in [5.74, 6) is -0.543. The van der Waals surface area contributed by atoms with Crippen molar-refractivity contribution in [2.75, 3.05) is 13.1 Å². The average molecular weight is 214 g/mol. The molecule has 0 rings (SSSR count). The van der Waals surface area contributed by atoms with Crippen molar-refractivity contribution in [2.45, 2.75) is 25.1 Å². The first-order chi connectivity index (χ1) is 6.38. The number of aliphatic hydroxyl groups excluding tert-OH is 1. The van der Waals surface area contributed by atoms with E-state index >= 15 is 0 Å². The van der Waals surface area contributed by atoms with Gasteiger partial charge in [0.15, 0.2) is 6.10 Å². The van der Waals surface area contributed by atoms with Gasteiger partial charge in [0.1, 0.15) is 0 Å². The van der Waals surface area contributed by atoms with Gasteiger partial charge in [-0.25, -0.2) is 0 Å². The molecule has 0 saturated carbocycles. The molecule has 7 heteroatoms. The number of carbonyl (C=O) groups excluding carboxylic acids is 1. The van der Waals surface area contributed by atoms with Crippen molar-refractivity contribution >= 4 is 5.91 Å². The van der Waals surface area contributed by atoms with Crippen LogP contribution in [-0.4, -0.2) is 36.4 Å². The van der Waals surface area contributed by atoms with E-state index in [0.29, 0.717) is 13.0 Å². The van der Waals surface area contributed by atoms with Crippen LogP contribution in [0.4, 0.5) is 13.2 Å². The molecule has 0 fully saturated rings. The van der Waals surface area contributed by atoms with Gasteiger partial charge in [-0.05, 0) is 13.0 Å². The summed E-state index contributed by atoms with van der Waals surface area (Å²) in [5, 5.41) is 10.5. The van der Waals surface area contributed by atoms with Crippen LogP contribution in [0.5, 0.6) is 0 Å². The first-order valence-corrected chi connectivity index (χ1v) is 4.09. The monoisotopic (exact) mass is 214 g/mol. The zero-order valence-electron chi connectivity index (χ0n) is 7.47. The molecular weight excluding hydrogens is 201 g/mol. The molecule has 0 saturated heterocycles. The standard InChI is InChI=1S/C7H13F3N2O2/c8-7(9,10)5(13)4-12-6(14)2-1-3-11/h5,13H,1-4,11H2,(H,12,14). The maximum atomic E-state index is 11.7. The molecule has 1 unspecified atom stereocenters. The summed E-state index contributed by atoms with van der Waals surface area (Å²) in [6.45, 7) is -0.512. The Morgan fingerprint density at radius 1 is 1.50 bits per heavy atom. The molecule has 4 N–H and O–H groups in total. The number of alkyl halides is 3. The third-order valence-corrected chi connectivity index (χ3v) is 1.48. The number of hydrogen-bond acceptors (Lipinski definition) is 3. The summed E-state index contributed by atoms with van der Waals surface area (Å²) in [4.78, 5) is 10.8. The van der Waals surface area contributed by atoms with Gasteiger partial charge in [-0.2, -0.15) is 13.2 Å². The lowest BCUT2D eigenvalue weighted by molar-refractivity contribution is -0.201. The maximum absolute atomic E-state index is 11.7. The second-order valence-corrected chi connectivity index (χ2v) is 2.75. The van der Waals surface area contributed by atoms with Gasteiger partial charge in [-0.15, -0.1) is 0 Å². The van der Waals surface area contributed by atoms with E-state index in [2.05, 4.69) is 0 Å². The molecule has 0 spiro atoms. The first-order valence-electron chi connectivity index (χ1n) is 4.09. The fourth-order valence-corrected chi connectivity index (χ4v) is 0.677. The molecule has 0 aromatic heterocycles. The van der Waals surface area contributed by atoms with E-state index in [0.717, 1.165) is 0 Å². The second kappa shape index (κ2) is 5.82. The van der Waals surface area contributed by atoms with Gasteiger partial charge in [-0.3, -0.25) is 4.79 Å². The number of nitrogens with one attached hydrogen (secondary N) is 1. The summed E-state index contributed by atoms with van der Waals surface area (Å²) in [6, 6.07) is 0. The number of amides is 1. The van der Waals surface area contributed by atoms with Crippen molar-refractivity contribution in [3.05, 3.63) is 0 Å². The predicted octanol–water partition coefficient (Wildman–Crippen LogP) is -0.235. The van der Waals surface area contributed by atoms with Crippen LogP contribution in [0.1, 0.15) is 12.8 Å². The van der Waals surface area contributed by atoms with Gasteiger partial charge in [0.2, 0.25) is 5.91 Å². The summed E-state index contributed by atoms with van der Waals surface area (Å²) in [5.41, 5.74) is 5.09. The van der Waals surface area contributed by atoms with Crippen LogP contribution in [0.15, 0.2) is 0 Å². The molecule has 0 bridgehead atoms. The van der Waals surface area contributed by atoms with Crippen LogP contribution in [0, 0.1) is 0 Å². The van der Waals surface area contributed by atoms with Crippen molar-refractivity contribution < 1.29 is 23.1 Å². The quantitative estimate of drug-likeness (QED) is 0.591. The highest BCUT2D eigenvalue weighted by Crippen LogP contribution is 2.19. The summed E-state index contributed by atoms with van der Waals surface area (Å²) in [7, 11) is 0. The van der Waals surface area contributed by atoms with Crippen LogP contribution >= 0.6 is 0 Å². The van der Waals surface area contributed by atoms with Crippen molar-refractivity contribution in [1.82, 2.24) is 5.32 Å². The third-order valence-electron chi connectivity index (χ3n) is 1.48. The first kappa shape index (κ1) is 13.2. The normalized spacial score (nSPS) is 13.8. The number of rotatable bonds is 5. The minimum Gasteiger partial charge on any atom is -0.382 e. The highest BCUT2D eigenvalue weighted by Gasteiger charge is 2.38. The smallest absolute Gasteiger partial charge is 0.382 e. The Kier molecular flexibility index (Phi) is 5.47. The second-order valence-electron chi connectivity index (χ2n) is 2.75. The van der Waals surface area contributed by atoms with E-state index in [9.17, 15) is 18.0 Å². The lowest BCUT2D eigenvalue weighted by Gasteiger charge is -2.14. The maximum Gasteiger partial charge on any atom is 0.416 e. The van der Waals surface area contributed by atoms with E-state index in [1.54, 1.807) is 0 Å². The van der Waals surface area contributed by atoms with Crippen LogP contribution in [0.3, 0.4) is 0 Å². The van der Waals surface area contributed by atoms with Crippen LogP contribution in [0.25, 0.3) is 0 Å². The summed E-state index contributed by atoms with van der Waals surface area (Å²) in [6.07, 6.45) is -6.72. The number of aliphatic hydroxyl groups is 1. The topological polar surface area (TPSA) is 75.4 Å². The average Bonchev–Trinajstić information content (AvgIpc) is 2.09. The van der Waals surface area contributed by atoms with E-state index in [4.69, 9.17) is 10.8 Å². The van der Waals surface area contributed by atoms with Gasteiger partial charge < -0.3 is 16.2 Å². The molecule has 1 amide bonds. The van der Waals surface area contributed by atoms with Crippen LogP contribution in [-0.2, 0) is 4.79 Å². The Morgan fingerprint density at radius 2 is 2.07 bits per heavy atom. The Morgan fingerprint density at radius 3 is 2.50 bits per heavy atom. The van der Waals surface area contributed by atoms with Crippen molar-refractivity contribution in [3.8, 4) is 0 Å². The largest absolute Gasteiger partial charge is 0.416 e. The summed E-state index contributed by atoms with van der Waals surface area (Å²) >= 11 is 0. The number of carbonyl (C=O) groups is 1. The van der Waals surface area contributed by atoms with Gasteiger partial charge >= 0.3 is 6.18 Å². The van der Waals surface area contributed by atoms with Crippen molar-refractivity contribution in [1.29, 1.82) is 0 Å². The van der Waals surface area contributed by atoms with Crippen LogP contribution in [0.2, 0.25) is 0 Å². The SMILES string of the molecule is NCCCC(=O)NCC(O)C(F)(F)F. The number of nitrogens with two attached hydrogens (primary N) is 1. The lowest BCUT2D eigenvalue weighted by atomic mass is 10.3. The molecule has 4 nitrogen and oxygen atoms in total. The Hall–Kier alpha value is -0.820. The molecule has 0 aliphatic carbocycles. The van der Waals surface area contributed by atoms with Crippen molar-refractivity contribution in [3.63, 3.8) is 0 Å². The molecule has 0 aliphatic rings. The fraction of sp³-hybridized carbons (Fsp3) is 0.857. The molecule has 0 aromatic rings. The molecule has 84 valence electrons. The van der Waals surface area contributed by atoms with E-state index in [-0.39, 0.29) is 6.42 Å². The minimum absolute atomic E-state index is 0.0705. The predicted molar refractivity (Wildman–Crippen MR) is 43.4 cm³/mol. The molecule has 0 heterocycles. The van der Waals surface area contributed by atoms with E-state index in [1.807, 2.05) is 5.32 Å². The van der Waals surface area contributed by atoms with Crippen LogP contribution < -0.4 is 11.1 Å². The number of hydrogen-bond donors (Lipinski definition) is 3. The minimum atomic E-state index is -4.69.